The molecule has 26 heavy (non-hydrogen) atoms. The highest BCUT2D eigenvalue weighted by atomic mass is 35.5. The Balaban J connectivity index is 1.91. The standard InChI is InChI=1S/C20H31ClN4O/c1-14(2)18(26)25-11-10-15(12-25)24-19(22-5)23-13-20(3,4)16-8-6-7-9-17(16)21/h6-9,14-15H,10-13H2,1-5H3,(H2,22,23,24). The van der Waals surface area contributed by atoms with Crippen LogP contribution in [0.5, 0.6) is 0 Å². The first-order valence-electron chi connectivity index (χ1n) is 9.25. The molecule has 1 saturated heterocycles. The lowest BCUT2D eigenvalue weighted by Gasteiger charge is -2.28. The van der Waals surface area contributed by atoms with Gasteiger partial charge in [0.2, 0.25) is 5.91 Å². The molecule has 1 aromatic carbocycles. The number of amides is 1. The van der Waals surface area contributed by atoms with Gasteiger partial charge in [0.1, 0.15) is 0 Å². The van der Waals surface area contributed by atoms with Crippen molar-refractivity contribution in [2.45, 2.75) is 45.6 Å². The Morgan fingerprint density at radius 2 is 2.08 bits per heavy atom. The van der Waals surface area contributed by atoms with Crippen LogP contribution in [0.15, 0.2) is 29.3 Å². The number of hydrogen-bond acceptors (Lipinski definition) is 2. The first kappa shape index (κ1) is 20.6. The summed E-state index contributed by atoms with van der Waals surface area (Å²) in [5.74, 6) is 1.02. The summed E-state index contributed by atoms with van der Waals surface area (Å²) < 4.78 is 0. The van der Waals surface area contributed by atoms with Crippen molar-refractivity contribution < 1.29 is 4.79 Å². The SMILES string of the molecule is CN=C(NCC(C)(C)c1ccccc1Cl)NC1CCN(C(=O)C(C)C)C1. The van der Waals surface area contributed by atoms with Gasteiger partial charge in [0.15, 0.2) is 5.96 Å². The fourth-order valence-electron chi connectivity index (χ4n) is 3.24. The maximum Gasteiger partial charge on any atom is 0.225 e. The highest BCUT2D eigenvalue weighted by Gasteiger charge is 2.28. The first-order valence-corrected chi connectivity index (χ1v) is 9.63. The smallest absolute Gasteiger partial charge is 0.225 e. The predicted molar refractivity (Wildman–Crippen MR) is 109 cm³/mol. The van der Waals surface area contributed by atoms with E-state index in [1.165, 1.54) is 0 Å². The van der Waals surface area contributed by atoms with E-state index in [-0.39, 0.29) is 23.3 Å². The van der Waals surface area contributed by atoms with Crippen LogP contribution < -0.4 is 10.6 Å². The maximum absolute atomic E-state index is 12.1. The van der Waals surface area contributed by atoms with Gasteiger partial charge in [-0.15, -0.1) is 0 Å². The molecule has 1 aromatic rings. The van der Waals surface area contributed by atoms with E-state index < -0.39 is 0 Å². The number of hydrogen-bond donors (Lipinski definition) is 2. The number of nitrogens with zero attached hydrogens (tertiary/aromatic N) is 2. The zero-order valence-electron chi connectivity index (χ0n) is 16.5. The molecule has 1 fully saturated rings. The molecule has 0 saturated carbocycles. The summed E-state index contributed by atoms with van der Waals surface area (Å²) in [6.45, 7) is 10.4. The van der Waals surface area contributed by atoms with E-state index in [1.807, 2.05) is 36.9 Å². The van der Waals surface area contributed by atoms with E-state index in [0.717, 1.165) is 36.1 Å². The van der Waals surface area contributed by atoms with E-state index in [1.54, 1.807) is 7.05 Å². The number of rotatable bonds is 5. The summed E-state index contributed by atoms with van der Waals surface area (Å²) in [7, 11) is 1.77. The van der Waals surface area contributed by atoms with Crippen LogP contribution in [0.3, 0.4) is 0 Å². The fourth-order valence-corrected chi connectivity index (χ4v) is 3.63. The summed E-state index contributed by atoms with van der Waals surface area (Å²) >= 11 is 6.36. The van der Waals surface area contributed by atoms with Crippen molar-refractivity contribution in [3.05, 3.63) is 34.9 Å². The summed E-state index contributed by atoms with van der Waals surface area (Å²) in [6, 6.07) is 8.17. The van der Waals surface area contributed by atoms with Crippen molar-refractivity contribution >= 4 is 23.5 Å². The number of carbonyl (C=O) groups excluding carboxylic acids is 1. The minimum atomic E-state index is -0.134. The van der Waals surface area contributed by atoms with Crippen molar-refractivity contribution in [1.82, 2.24) is 15.5 Å². The minimum absolute atomic E-state index is 0.0441. The van der Waals surface area contributed by atoms with E-state index in [2.05, 4.69) is 35.5 Å². The minimum Gasteiger partial charge on any atom is -0.356 e. The molecule has 0 spiro atoms. The molecule has 1 amide bonds. The molecule has 2 N–H and O–H groups in total. The molecule has 0 radical (unpaired) electrons. The molecule has 2 rings (SSSR count). The molecule has 1 aliphatic heterocycles. The molecule has 144 valence electrons. The first-order chi connectivity index (χ1) is 12.2. The van der Waals surface area contributed by atoms with Gasteiger partial charge in [0.25, 0.3) is 0 Å². The number of carbonyl (C=O) groups is 1. The molecule has 0 aliphatic carbocycles. The average Bonchev–Trinajstić information content (AvgIpc) is 3.06. The highest BCUT2D eigenvalue weighted by Crippen LogP contribution is 2.29. The van der Waals surface area contributed by atoms with Crippen molar-refractivity contribution in [3.63, 3.8) is 0 Å². The Labute approximate surface area is 162 Å². The van der Waals surface area contributed by atoms with Crippen LogP contribution in [-0.4, -0.2) is 49.5 Å². The van der Waals surface area contributed by atoms with Crippen LogP contribution >= 0.6 is 11.6 Å². The van der Waals surface area contributed by atoms with Gasteiger partial charge in [-0.25, -0.2) is 0 Å². The number of halogens is 1. The second kappa shape index (κ2) is 8.76. The maximum atomic E-state index is 12.1. The van der Waals surface area contributed by atoms with Crippen LogP contribution in [0.4, 0.5) is 0 Å². The van der Waals surface area contributed by atoms with E-state index in [0.29, 0.717) is 6.54 Å². The number of guanidine groups is 1. The van der Waals surface area contributed by atoms with Gasteiger partial charge < -0.3 is 15.5 Å². The molecule has 6 heteroatoms. The van der Waals surface area contributed by atoms with Crippen LogP contribution in [-0.2, 0) is 10.2 Å². The average molecular weight is 379 g/mol. The molecule has 1 unspecified atom stereocenters. The lowest BCUT2D eigenvalue weighted by Crippen LogP contribution is -2.48. The zero-order valence-corrected chi connectivity index (χ0v) is 17.2. The molecule has 0 bridgehead atoms. The predicted octanol–water partition coefficient (Wildman–Crippen LogP) is 3.04. The van der Waals surface area contributed by atoms with Crippen LogP contribution in [0.2, 0.25) is 5.02 Å². The second-order valence-corrected chi connectivity index (χ2v) is 8.27. The van der Waals surface area contributed by atoms with E-state index >= 15 is 0 Å². The monoisotopic (exact) mass is 378 g/mol. The molecule has 5 nitrogen and oxygen atoms in total. The summed E-state index contributed by atoms with van der Waals surface area (Å²) in [5, 5.41) is 7.62. The van der Waals surface area contributed by atoms with Crippen molar-refractivity contribution in [2.75, 3.05) is 26.7 Å². The molecular weight excluding hydrogens is 348 g/mol. The summed E-state index contributed by atoms with van der Waals surface area (Å²) in [4.78, 5) is 18.4. The van der Waals surface area contributed by atoms with E-state index in [9.17, 15) is 4.79 Å². The Morgan fingerprint density at radius 3 is 2.69 bits per heavy atom. The Kier molecular flexibility index (Phi) is 6.93. The number of nitrogens with one attached hydrogen (secondary N) is 2. The largest absolute Gasteiger partial charge is 0.356 e. The topological polar surface area (TPSA) is 56.7 Å². The molecule has 1 atom stereocenters. The van der Waals surface area contributed by atoms with E-state index in [4.69, 9.17) is 11.6 Å². The third-order valence-electron chi connectivity index (χ3n) is 4.86. The fraction of sp³-hybridized carbons (Fsp3) is 0.600. The second-order valence-electron chi connectivity index (χ2n) is 7.86. The van der Waals surface area contributed by atoms with Gasteiger partial charge in [0, 0.05) is 49.1 Å². The van der Waals surface area contributed by atoms with Crippen molar-refractivity contribution in [1.29, 1.82) is 0 Å². The van der Waals surface area contributed by atoms with Crippen LogP contribution in [0.25, 0.3) is 0 Å². The third-order valence-corrected chi connectivity index (χ3v) is 5.19. The lowest BCUT2D eigenvalue weighted by atomic mass is 9.84. The molecule has 0 aromatic heterocycles. The van der Waals surface area contributed by atoms with Gasteiger partial charge in [-0.3, -0.25) is 9.79 Å². The van der Waals surface area contributed by atoms with Crippen LogP contribution in [0, 0.1) is 5.92 Å². The van der Waals surface area contributed by atoms with Crippen LogP contribution in [0.1, 0.15) is 39.7 Å². The number of likely N-dealkylation sites (tertiary alicyclic amines) is 1. The van der Waals surface area contributed by atoms with Gasteiger partial charge >= 0.3 is 0 Å². The Hall–Kier alpha value is -1.75. The van der Waals surface area contributed by atoms with Crippen molar-refractivity contribution in [2.24, 2.45) is 10.9 Å². The lowest BCUT2D eigenvalue weighted by molar-refractivity contribution is -0.133. The number of benzene rings is 1. The Bertz CT molecular complexity index is 657. The zero-order chi connectivity index (χ0) is 19.3. The Morgan fingerprint density at radius 1 is 1.38 bits per heavy atom. The molecule has 1 heterocycles. The molecule has 1 aliphatic rings. The summed E-state index contributed by atoms with van der Waals surface area (Å²) in [6.07, 6.45) is 0.938. The van der Waals surface area contributed by atoms with Gasteiger partial charge in [0.05, 0.1) is 0 Å². The summed E-state index contributed by atoms with van der Waals surface area (Å²) in [5.41, 5.74) is 0.977. The quantitative estimate of drug-likeness (QED) is 0.611. The molecular formula is C20H31ClN4O. The van der Waals surface area contributed by atoms with Crippen molar-refractivity contribution in [3.8, 4) is 0 Å². The van der Waals surface area contributed by atoms with Gasteiger partial charge in [-0.05, 0) is 18.1 Å². The van der Waals surface area contributed by atoms with Gasteiger partial charge in [-0.2, -0.15) is 0 Å². The third kappa shape index (κ3) is 5.13. The highest BCUT2D eigenvalue weighted by molar-refractivity contribution is 6.31. The van der Waals surface area contributed by atoms with Gasteiger partial charge in [-0.1, -0.05) is 57.5 Å². The number of aliphatic imine (C=N–C) groups is 1. The normalized spacial score (nSPS) is 18.3.